The minimum Gasteiger partial charge on any atom is -0.497 e. The third-order valence-corrected chi connectivity index (χ3v) is 3.17. The summed E-state index contributed by atoms with van der Waals surface area (Å²) in [7, 11) is 1.62. The van der Waals surface area contributed by atoms with Crippen LogP contribution in [0.2, 0.25) is 0 Å². The van der Waals surface area contributed by atoms with Crippen molar-refractivity contribution in [1.82, 2.24) is 0 Å². The van der Waals surface area contributed by atoms with Crippen LogP contribution >= 0.6 is 0 Å². The van der Waals surface area contributed by atoms with E-state index in [-0.39, 0.29) is 6.54 Å². The summed E-state index contributed by atoms with van der Waals surface area (Å²) in [6.07, 6.45) is 0. The highest BCUT2D eigenvalue weighted by Gasteiger charge is 2.20. The predicted molar refractivity (Wildman–Crippen MR) is 78.1 cm³/mol. The van der Waals surface area contributed by atoms with E-state index in [1.165, 1.54) is 0 Å². The summed E-state index contributed by atoms with van der Waals surface area (Å²) < 4.78 is 10.8. The van der Waals surface area contributed by atoms with Crippen LogP contribution in [0, 0.1) is 0 Å². The third-order valence-electron chi connectivity index (χ3n) is 3.17. The van der Waals surface area contributed by atoms with E-state index in [1.807, 2.05) is 48.5 Å². The zero-order valence-electron chi connectivity index (χ0n) is 11.7. The number of methoxy groups -OCH3 is 1. The average molecular weight is 273 g/mol. The highest BCUT2D eigenvalue weighted by molar-refractivity contribution is 5.37. The second-order valence-electron chi connectivity index (χ2n) is 4.78. The lowest BCUT2D eigenvalue weighted by atomic mass is 9.96. The molecule has 4 nitrogen and oxygen atoms in total. The van der Waals surface area contributed by atoms with Gasteiger partial charge in [-0.1, -0.05) is 12.1 Å². The SMILES string of the molecule is COc1ccc(Oc2ccc(C(C)(O)CN)cc2)cc1. The Morgan fingerprint density at radius 2 is 1.40 bits per heavy atom. The number of benzene rings is 2. The topological polar surface area (TPSA) is 64.7 Å². The van der Waals surface area contributed by atoms with E-state index in [0.29, 0.717) is 5.75 Å². The minimum atomic E-state index is -1.02. The maximum atomic E-state index is 10.1. The number of aliphatic hydroxyl groups is 1. The van der Waals surface area contributed by atoms with Crippen LogP contribution < -0.4 is 15.2 Å². The molecular weight excluding hydrogens is 254 g/mol. The molecule has 0 aliphatic carbocycles. The lowest BCUT2D eigenvalue weighted by molar-refractivity contribution is 0.0668. The Bertz CT molecular complexity index is 547. The Morgan fingerprint density at radius 3 is 1.85 bits per heavy atom. The fraction of sp³-hybridized carbons (Fsp3) is 0.250. The fourth-order valence-electron chi connectivity index (χ4n) is 1.78. The molecule has 0 aromatic heterocycles. The lowest BCUT2D eigenvalue weighted by Gasteiger charge is -2.21. The molecule has 2 aromatic rings. The second-order valence-corrected chi connectivity index (χ2v) is 4.78. The molecule has 0 aliphatic rings. The molecule has 2 rings (SSSR count). The molecule has 0 amide bonds. The maximum absolute atomic E-state index is 10.1. The van der Waals surface area contributed by atoms with Gasteiger partial charge in [0.2, 0.25) is 0 Å². The van der Waals surface area contributed by atoms with Crippen LogP contribution in [0.3, 0.4) is 0 Å². The van der Waals surface area contributed by atoms with Crippen molar-refractivity contribution >= 4 is 0 Å². The predicted octanol–water partition coefficient (Wildman–Crippen LogP) is 2.65. The van der Waals surface area contributed by atoms with Crippen LogP contribution in [0.25, 0.3) is 0 Å². The number of hydrogen-bond acceptors (Lipinski definition) is 4. The van der Waals surface area contributed by atoms with Gasteiger partial charge in [-0.15, -0.1) is 0 Å². The van der Waals surface area contributed by atoms with Gasteiger partial charge in [0.1, 0.15) is 17.2 Å². The summed E-state index contributed by atoms with van der Waals surface area (Å²) in [5.74, 6) is 2.21. The number of nitrogens with two attached hydrogens (primary N) is 1. The van der Waals surface area contributed by atoms with Gasteiger partial charge in [0.05, 0.1) is 12.7 Å². The van der Waals surface area contributed by atoms with Gasteiger partial charge >= 0.3 is 0 Å². The molecule has 2 aromatic carbocycles. The highest BCUT2D eigenvalue weighted by Crippen LogP contribution is 2.26. The molecule has 0 bridgehead atoms. The van der Waals surface area contributed by atoms with Crippen molar-refractivity contribution < 1.29 is 14.6 Å². The fourth-order valence-corrected chi connectivity index (χ4v) is 1.78. The van der Waals surface area contributed by atoms with Gasteiger partial charge in [-0.25, -0.2) is 0 Å². The number of ether oxygens (including phenoxy) is 2. The Hall–Kier alpha value is -2.04. The van der Waals surface area contributed by atoms with Crippen molar-refractivity contribution in [2.24, 2.45) is 5.73 Å². The van der Waals surface area contributed by atoms with Crippen molar-refractivity contribution in [3.05, 3.63) is 54.1 Å². The molecule has 0 fully saturated rings. The van der Waals surface area contributed by atoms with Gasteiger partial charge in [-0.2, -0.15) is 0 Å². The van der Waals surface area contributed by atoms with Crippen LogP contribution in [-0.4, -0.2) is 18.8 Å². The summed E-state index contributed by atoms with van der Waals surface area (Å²) in [5.41, 5.74) is 5.28. The molecule has 0 saturated heterocycles. The quantitative estimate of drug-likeness (QED) is 0.879. The van der Waals surface area contributed by atoms with Gasteiger partial charge in [-0.3, -0.25) is 0 Å². The van der Waals surface area contributed by atoms with E-state index in [1.54, 1.807) is 14.0 Å². The van der Waals surface area contributed by atoms with E-state index in [9.17, 15) is 5.11 Å². The number of hydrogen-bond donors (Lipinski definition) is 2. The van der Waals surface area contributed by atoms with E-state index < -0.39 is 5.60 Å². The molecule has 20 heavy (non-hydrogen) atoms. The summed E-state index contributed by atoms with van der Waals surface area (Å²) in [5, 5.41) is 10.1. The Morgan fingerprint density at radius 1 is 0.950 bits per heavy atom. The van der Waals surface area contributed by atoms with E-state index in [2.05, 4.69) is 0 Å². The van der Waals surface area contributed by atoms with Crippen LogP contribution in [0.1, 0.15) is 12.5 Å². The zero-order chi connectivity index (χ0) is 14.6. The van der Waals surface area contributed by atoms with Crippen molar-refractivity contribution in [3.8, 4) is 17.2 Å². The summed E-state index contributed by atoms with van der Waals surface area (Å²) >= 11 is 0. The van der Waals surface area contributed by atoms with Crippen LogP contribution in [0.5, 0.6) is 17.2 Å². The van der Waals surface area contributed by atoms with Crippen molar-refractivity contribution in [1.29, 1.82) is 0 Å². The van der Waals surface area contributed by atoms with Crippen LogP contribution in [-0.2, 0) is 5.60 Å². The van der Waals surface area contributed by atoms with Crippen molar-refractivity contribution in [2.75, 3.05) is 13.7 Å². The normalized spacial score (nSPS) is 13.6. The summed E-state index contributed by atoms with van der Waals surface area (Å²) in [4.78, 5) is 0. The van der Waals surface area contributed by atoms with Gasteiger partial charge in [0, 0.05) is 6.54 Å². The first-order chi connectivity index (χ1) is 9.55. The summed E-state index contributed by atoms with van der Waals surface area (Å²) in [6, 6.07) is 14.6. The average Bonchev–Trinajstić information content (AvgIpc) is 2.48. The zero-order valence-corrected chi connectivity index (χ0v) is 11.7. The van der Waals surface area contributed by atoms with E-state index in [0.717, 1.165) is 17.1 Å². The van der Waals surface area contributed by atoms with Crippen molar-refractivity contribution in [3.63, 3.8) is 0 Å². The maximum Gasteiger partial charge on any atom is 0.127 e. The Kier molecular flexibility index (Phi) is 4.27. The van der Waals surface area contributed by atoms with Crippen LogP contribution in [0.4, 0.5) is 0 Å². The molecule has 0 radical (unpaired) electrons. The molecule has 1 atom stereocenters. The molecule has 0 spiro atoms. The lowest BCUT2D eigenvalue weighted by Crippen LogP contribution is -2.31. The largest absolute Gasteiger partial charge is 0.497 e. The molecule has 4 heteroatoms. The first kappa shape index (κ1) is 14.4. The first-order valence-electron chi connectivity index (χ1n) is 6.40. The molecule has 1 unspecified atom stereocenters. The minimum absolute atomic E-state index is 0.172. The van der Waals surface area contributed by atoms with Crippen LogP contribution in [0.15, 0.2) is 48.5 Å². The molecular formula is C16H19NO3. The molecule has 106 valence electrons. The third kappa shape index (κ3) is 3.29. The van der Waals surface area contributed by atoms with Gasteiger partial charge in [0.25, 0.3) is 0 Å². The second kappa shape index (κ2) is 5.94. The standard InChI is InChI=1S/C16H19NO3/c1-16(18,11-17)12-3-5-14(6-4-12)20-15-9-7-13(19-2)8-10-15/h3-10,18H,11,17H2,1-2H3. The van der Waals surface area contributed by atoms with Crippen molar-refractivity contribution in [2.45, 2.75) is 12.5 Å². The van der Waals surface area contributed by atoms with Gasteiger partial charge in [0.15, 0.2) is 0 Å². The molecule has 0 heterocycles. The Balaban J connectivity index is 2.10. The van der Waals surface area contributed by atoms with Gasteiger partial charge < -0.3 is 20.3 Å². The van der Waals surface area contributed by atoms with Gasteiger partial charge in [-0.05, 0) is 48.9 Å². The smallest absolute Gasteiger partial charge is 0.127 e. The first-order valence-corrected chi connectivity index (χ1v) is 6.40. The number of rotatable bonds is 5. The molecule has 3 N–H and O–H groups in total. The van der Waals surface area contributed by atoms with E-state index >= 15 is 0 Å². The highest BCUT2D eigenvalue weighted by atomic mass is 16.5. The summed E-state index contributed by atoms with van der Waals surface area (Å²) in [6.45, 7) is 1.86. The molecule has 0 saturated carbocycles. The van der Waals surface area contributed by atoms with E-state index in [4.69, 9.17) is 15.2 Å². The monoisotopic (exact) mass is 273 g/mol. The molecule has 0 aliphatic heterocycles. The Labute approximate surface area is 118 Å².